The highest BCUT2D eigenvalue weighted by atomic mass is 32.1. The minimum atomic E-state index is 0.893. The third-order valence-corrected chi connectivity index (χ3v) is 5.20. The van der Waals surface area contributed by atoms with Crippen LogP contribution in [0.1, 0.15) is 68.2 Å². The molecule has 1 heterocycles. The predicted molar refractivity (Wildman–Crippen MR) is 135 cm³/mol. The first-order chi connectivity index (χ1) is 14.3. The van der Waals surface area contributed by atoms with E-state index in [0.717, 1.165) is 16.9 Å². The van der Waals surface area contributed by atoms with E-state index in [1.54, 1.807) is 0 Å². The van der Waals surface area contributed by atoms with Crippen LogP contribution in [0.5, 0.6) is 0 Å². The lowest BCUT2D eigenvalue weighted by Crippen LogP contribution is -1.81. The Labute approximate surface area is 184 Å². The molecule has 0 saturated carbocycles. The lowest BCUT2D eigenvalue weighted by molar-refractivity contribution is 0.634. The lowest BCUT2D eigenvalue weighted by Gasteiger charge is -1.97. The second-order valence-corrected chi connectivity index (χ2v) is 7.40. The third kappa shape index (κ3) is 12.7. The minimum Gasteiger partial charge on any atom is -0.132 e. The van der Waals surface area contributed by atoms with Crippen molar-refractivity contribution in [3.05, 3.63) is 95.2 Å². The monoisotopic (exact) mass is 406 g/mol. The van der Waals surface area contributed by atoms with Gasteiger partial charge in [-0.05, 0) is 37.0 Å². The van der Waals surface area contributed by atoms with Gasteiger partial charge in [-0.25, -0.2) is 0 Å². The second-order valence-electron chi connectivity index (χ2n) is 6.23. The van der Waals surface area contributed by atoms with Gasteiger partial charge in [0, 0.05) is 10.5 Å². The van der Waals surface area contributed by atoms with E-state index in [9.17, 15) is 0 Å². The number of unbranched alkanes of at least 4 members (excludes halogenated alkanes) is 4. The van der Waals surface area contributed by atoms with Crippen molar-refractivity contribution in [2.75, 3.05) is 0 Å². The normalized spacial score (nSPS) is 9.83. The fourth-order valence-corrected chi connectivity index (χ4v) is 3.55. The van der Waals surface area contributed by atoms with Crippen LogP contribution >= 0.6 is 11.3 Å². The smallest absolute Gasteiger partial charge is 0.0775 e. The van der Waals surface area contributed by atoms with Crippen molar-refractivity contribution in [2.24, 2.45) is 0 Å². The van der Waals surface area contributed by atoms with Crippen LogP contribution in [0.3, 0.4) is 0 Å². The van der Waals surface area contributed by atoms with Crippen molar-refractivity contribution in [1.29, 1.82) is 0 Å². The summed E-state index contributed by atoms with van der Waals surface area (Å²) in [4.78, 5) is 2.60. The van der Waals surface area contributed by atoms with E-state index in [4.69, 9.17) is 0 Å². The number of allylic oxidation sites excluding steroid dienone is 3. The molecule has 0 spiro atoms. The van der Waals surface area contributed by atoms with Gasteiger partial charge in [-0.1, -0.05) is 107 Å². The zero-order valence-electron chi connectivity index (χ0n) is 18.7. The molecule has 0 saturated heterocycles. The lowest BCUT2D eigenvalue weighted by atomic mass is 10.1. The van der Waals surface area contributed by atoms with Gasteiger partial charge in [-0.3, -0.25) is 0 Å². The maximum absolute atomic E-state index is 3.89. The van der Waals surface area contributed by atoms with Gasteiger partial charge in [-0.15, -0.1) is 24.5 Å². The summed E-state index contributed by atoms with van der Waals surface area (Å²) in [6.45, 7) is 16.1. The summed E-state index contributed by atoms with van der Waals surface area (Å²) in [6.07, 6.45) is 12.7. The van der Waals surface area contributed by atoms with Crippen molar-refractivity contribution in [3.8, 4) is 11.8 Å². The van der Waals surface area contributed by atoms with Crippen LogP contribution in [0.25, 0.3) is 0 Å². The summed E-state index contributed by atoms with van der Waals surface area (Å²) in [6, 6.07) is 14.8. The van der Waals surface area contributed by atoms with E-state index in [1.165, 1.54) is 49.0 Å². The van der Waals surface area contributed by atoms with Crippen molar-refractivity contribution in [3.63, 3.8) is 0 Å². The maximum atomic E-state index is 3.89. The Bertz CT molecular complexity index is 737. The summed E-state index contributed by atoms with van der Waals surface area (Å²) in [5.41, 5.74) is 2.29. The molecule has 29 heavy (non-hydrogen) atoms. The predicted octanol–water partition coefficient (Wildman–Crippen LogP) is 8.80. The van der Waals surface area contributed by atoms with Gasteiger partial charge >= 0.3 is 0 Å². The second kappa shape index (κ2) is 19.0. The Morgan fingerprint density at radius 1 is 0.966 bits per heavy atom. The third-order valence-electron chi connectivity index (χ3n) is 4.14. The Morgan fingerprint density at radius 3 is 2.31 bits per heavy atom. The van der Waals surface area contributed by atoms with Gasteiger partial charge in [0.2, 0.25) is 0 Å². The number of hydrogen-bond acceptors (Lipinski definition) is 1. The van der Waals surface area contributed by atoms with E-state index in [-0.39, 0.29) is 0 Å². The first kappa shape index (κ1) is 26.7. The minimum absolute atomic E-state index is 0.893. The molecule has 0 atom stereocenters. The van der Waals surface area contributed by atoms with Crippen LogP contribution in [0.2, 0.25) is 0 Å². The van der Waals surface area contributed by atoms with Gasteiger partial charge in [0.05, 0.1) is 4.88 Å². The summed E-state index contributed by atoms with van der Waals surface area (Å²) in [5.74, 6) is 6.55. The molecule has 1 aromatic heterocycles. The number of aryl methyl sites for hydroxylation is 1. The molecule has 156 valence electrons. The largest absolute Gasteiger partial charge is 0.132 e. The van der Waals surface area contributed by atoms with Crippen LogP contribution in [0.15, 0.2) is 79.9 Å². The highest BCUT2D eigenvalue weighted by Gasteiger charge is 1.98. The molecule has 0 nitrogen and oxygen atoms in total. The topological polar surface area (TPSA) is 0 Å². The van der Waals surface area contributed by atoms with Crippen LogP contribution in [0.4, 0.5) is 0 Å². The molecule has 2 aromatic rings. The average molecular weight is 407 g/mol. The average Bonchev–Trinajstić information content (AvgIpc) is 3.25. The quantitative estimate of drug-likeness (QED) is 0.169. The molecule has 0 aliphatic carbocycles. The van der Waals surface area contributed by atoms with Gasteiger partial charge in [-0.2, -0.15) is 0 Å². The van der Waals surface area contributed by atoms with Crippen molar-refractivity contribution in [2.45, 2.75) is 65.7 Å². The number of benzene rings is 1. The molecule has 0 amide bonds. The molecule has 1 aromatic carbocycles. The first-order valence-corrected chi connectivity index (χ1v) is 11.6. The molecule has 0 unspecified atom stereocenters. The van der Waals surface area contributed by atoms with Crippen LogP contribution in [-0.2, 0) is 12.8 Å². The fourth-order valence-electron chi connectivity index (χ4n) is 2.64. The highest BCUT2D eigenvalue weighted by molar-refractivity contribution is 7.12. The van der Waals surface area contributed by atoms with Gasteiger partial charge in [0.15, 0.2) is 0 Å². The van der Waals surface area contributed by atoms with E-state index >= 15 is 0 Å². The summed E-state index contributed by atoms with van der Waals surface area (Å²) in [7, 11) is 0. The zero-order chi connectivity index (χ0) is 21.7. The van der Waals surface area contributed by atoms with Crippen molar-refractivity contribution >= 4 is 11.3 Å². The number of rotatable bonds is 9. The van der Waals surface area contributed by atoms with Crippen molar-refractivity contribution in [1.82, 2.24) is 0 Å². The Kier molecular flexibility index (Phi) is 17.5. The summed E-state index contributed by atoms with van der Waals surface area (Å²) < 4.78 is 0. The first-order valence-electron chi connectivity index (χ1n) is 10.8. The molecular weight excluding hydrogens is 368 g/mol. The SMILES string of the molecule is C=C.C=C/C(C#Cc1ccc(CCCCCCC)s1)=C\Cc1ccccc1.CC. The summed E-state index contributed by atoms with van der Waals surface area (Å²) >= 11 is 1.83. The fraction of sp³-hybridized carbons (Fsp3) is 0.357. The Morgan fingerprint density at radius 2 is 1.66 bits per heavy atom. The van der Waals surface area contributed by atoms with E-state index in [2.05, 4.69) is 81.0 Å². The zero-order valence-corrected chi connectivity index (χ0v) is 19.5. The summed E-state index contributed by atoms with van der Waals surface area (Å²) in [5, 5.41) is 0. The Balaban J connectivity index is 0.00000184. The molecule has 0 aliphatic rings. The van der Waals surface area contributed by atoms with Crippen LogP contribution in [0, 0.1) is 11.8 Å². The molecular formula is C28H38S. The maximum Gasteiger partial charge on any atom is 0.0775 e. The molecule has 0 bridgehead atoms. The highest BCUT2D eigenvalue weighted by Crippen LogP contribution is 2.18. The van der Waals surface area contributed by atoms with Crippen LogP contribution in [-0.4, -0.2) is 0 Å². The molecule has 1 heteroatoms. The molecule has 2 rings (SSSR count). The number of hydrogen-bond donors (Lipinski definition) is 0. The van der Waals surface area contributed by atoms with E-state index < -0.39 is 0 Å². The Hall–Kier alpha value is -2.30. The van der Waals surface area contributed by atoms with E-state index in [0.29, 0.717) is 0 Å². The van der Waals surface area contributed by atoms with Crippen molar-refractivity contribution < 1.29 is 0 Å². The molecule has 0 N–H and O–H groups in total. The van der Waals surface area contributed by atoms with Gasteiger partial charge in [0.1, 0.15) is 0 Å². The van der Waals surface area contributed by atoms with Gasteiger partial charge < -0.3 is 0 Å². The molecule has 0 aliphatic heterocycles. The number of thiophene rings is 1. The van der Waals surface area contributed by atoms with Gasteiger partial charge in [0.25, 0.3) is 0 Å². The molecule has 0 fully saturated rings. The van der Waals surface area contributed by atoms with Crippen LogP contribution < -0.4 is 0 Å². The molecule has 0 radical (unpaired) electrons. The standard InChI is InChI=1S/C24H28S.C2H6.C2H4/c1-3-5-6-7-11-14-23-19-20-24(25-23)18-17-21(4-2)15-16-22-12-9-8-10-13-22;2*1-2/h4,8-10,12-13,15,19-20H,2-3,5-7,11,14,16H2,1H3;1-2H3;1-2H2/b21-15+;;. The van der Waals surface area contributed by atoms with E-state index in [1.807, 2.05) is 37.3 Å².